The van der Waals surface area contributed by atoms with Gasteiger partial charge in [0.25, 0.3) is 0 Å². The van der Waals surface area contributed by atoms with Gasteiger partial charge >= 0.3 is 12.0 Å². The lowest BCUT2D eigenvalue weighted by Crippen LogP contribution is -2.57. The van der Waals surface area contributed by atoms with E-state index in [0.29, 0.717) is 32.5 Å². The first-order valence-corrected chi connectivity index (χ1v) is 7.37. The number of amides is 2. The smallest absolute Gasteiger partial charge is 0.321 e. The number of nitrogens with zero attached hydrogens (tertiary/aromatic N) is 2. The zero-order valence-corrected chi connectivity index (χ0v) is 12.0. The first-order chi connectivity index (χ1) is 9.63. The van der Waals surface area contributed by atoms with Crippen LogP contribution in [0.1, 0.15) is 39.0 Å². The van der Waals surface area contributed by atoms with E-state index in [-0.39, 0.29) is 30.4 Å². The van der Waals surface area contributed by atoms with Gasteiger partial charge in [0.2, 0.25) is 0 Å². The summed E-state index contributed by atoms with van der Waals surface area (Å²) < 4.78 is 4.85. The molecule has 0 aromatic rings. The van der Waals surface area contributed by atoms with Crippen LogP contribution in [-0.2, 0) is 14.3 Å². The molecule has 2 rings (SSSR count). The lowest BCUT2D eigenvalue weighted by atomic mass is 10.1. The average Bonchev–Trinajstić information content (AvgIpc) is 2.90. The van der Waals surface area contributed by atoms with Crippen LogP contribution in [-0.4, -0.2) is 59.9 Å². The molecule has 6 heteroatoms. The van der Waals surface area contributed by atoms with E-state index in [2.05, 4.69) is 0 Å². The lowest BCUT2D eigenvalue weighted by Gasteiger charge is -2.36. The minimum absolute atomic E-state index is 0.0248. The molecule has 1 atom stereocenters. The minimum atomic E-state index is -0.201. The number of ketones is 1. The molecule has 20 heavy (non-hydrogen) atoms. The zero-order valence-electron chi connectivity index (χ0n) is 12.0. The largest absolute Gasteiger partial charge is 0.466 e. The summed E-state index contributed by atoms with van der Waals surface area (Å²) in [5.41, 5.74) is 0. The van der Waals surface area contributed by atoms with Gasteiger partial charge in [0.15, 0.2) is 5.78 Å². The quantitative estimate of drug-likeness (QED) is 0.542. The van der Waals surface area contributed by atoms with Crippen LogP contribution >= 0.6 is 0 Å². The summed E-state index contributed by atoms with van der Waals surface area (Å²) in [6.07, 6.45) is 3.49. The second-order valence-corrected chi connectivity index (χ2v) is 5.28. The number of fused-ring (bicyclic) bond motifs is 1. The minimum Gasteiger partial charge on any atom is -0.466 e. The van der Waals surface area contributed by atoms with E-state index >= 15 is 0 Å². The number of ether oxygens (including phenoxy) is 1. The van der Waals surface area contributed by atoms with Crippen molar-refractivity contribution in [2.75, 3.05) is 26.2 Å². The maximum atomic E-state index is 12.2. The molecule has 0 bridgehead atoms. The van der Waals surface area contributed by atoms with Crippen LogP contribution in [0, 0.1) is 0 Å². The van der Waals surface area contributed by atoms with Gasteiger partial charge in [-0.3, -0.25) is 9.59 Å². The standard InChI is InChI=1S/C14H22N2O4/c1-2-20-13(18)7-3-4-8-15-10-12(17)11-6-5-9-16(11)14(15)19/h11H,2-10H2,1H3/t11-/m0/s1. The average molecular weight is 282 g/mol. The molecule has 0 aromatic heterocycles. The molecule has 2 saturated heterocycles. The van der Waals surface area contributed by atoms with Crippen molar-refractivity contribution in [3.63, 3.8) is 0 Å². The van der Waals surface area contributed by atoms with Crippen LogP contribution in [0.5, 0.6) is 0 Å². The highest BCUT2D eigenvalue weighted by molar-refractivity contribution is 5.96. The number of urea groups is 1. The van der Waals surface area contributed by atoms with Gasteiger partial charge in [-0.15, -0.1) is 0 Å². The lowest BCUT2D eigenvalue weighted by molar-refractivity contribution is -0.143. The van der Waals surface area contributed by atoms with E-state index in [0.717, 1.165) is 19.3 Å². The number of hydrogen-bond acceptors (Lipinski definition) is 4. The van der Waals surface area contributed by atoms with Crippen molar-refractivity contribution in [3.05, 3.63) is 0 Å². The summed E-state index contributed by atoms with van der Waals surface area (Å²) in [6, 6.07) is -0.207. The molecule has 0 unspecified atom stereocenters. The SMILES string of the molecule is CCOC(=O)CCCCN1CC(=O)[C@@H]2CCCN2C1=O. The second kappa shape index (κ2) is 6.72. The predicted octanol–water partition coefficient (Wildman–Crippen LogP) is 1.19. The zero-order chi connectivity index (χ0) is 14.5. The second-order valence-electron chi connectivity index (χ2n) is 5.28. The summed E-state index contributed by atoms with van der Waals surface area (Å²) in [6.45, 7) is 3.62. The topological polar surface area (TPSA) is 66.9 Å². The summed E-state index contributed by atoms with van der Waals surface area (Å²) in [5.74, 6) is -0.0550. The monoisotopic (exact) mass is 282 g/mol. The molecule has 0 aromatic carbocycles. The fraction of sp³-hybridized carbons (Fsp3) is 0.786. The molecule has 0 radical (unpaired) electrons. The normalized spacial score (nSPS) is 22.1. The fourth-order valence-corrected chi connectivity index (χ4v) is 2.85. The predicted molar refractivity (Wildman–Crippen MR) is 72.2 cm³/mol. The highest BCUT2D eigenvalue weighted by Crippen LogP contribution is 2.24. The highest BCUT2D eigenvalue weighted by atomic mass is 16.5. The van der Waals surface area contributed by atoms with Crippen molar-refractivity contribution in [1.29, 1.82) is 0 Å². The van der Waals surface area contributed by atoms with Gasteiger partial charge in [-0.1, -0.05) is 0 Å². The highest BCUT2D eigenvalue weighted by Gasteiger charge is 2.41. The van der Waals surface area contributed by atoms with E-state index in [1.165, 1.54) is 0 Å². The third kappa shape index (κ3) is 3.29. The first-order valence-electron chi connectivity index (χ1n) is 7.37. The summed E-state index contributed by atoms with van der Waals surface area (Å²) in [7, 11) is 0. The molecule has 2 aliphatic rings. The Kier molecular flexibility index (Phi) is 4.98. The number of carbonyl (C=O) groups excluding carboxylic acids is 3. The molecule has 0 saturated carbocycles. The maximum Gasteiger partial charge on any atom is 0.321 e. The van der Waals surface area contributed by atoms with Crippen molar-refractivity contribution in [2.45, 2.75) is 45.1 Å². The molecule has 0 spiro atoms. The van der Waals surface area contributed by atoms with Gasteiger partial charge in [0.05, 0.1) is 19.2 Å². The van der Waals surface area contributed by atoms with E-state index in [9.17, 15) is 14.4 Å². The Morgan fingerprint density at radius 2 is 2.15 bits per heavy atom. The number of carbonyl (C=O) groups is 3. The van der Waals surface area contributed by atoms with Gasteiger partial charge in [0, 0.05) is 19.5 Å². The van der Waals surface area contributed by atoms with Crippen LogP contribution < -0.4 is 0 Å². The molecule has 112 valence electrons. The molecule has 0 N–H and O–H groups in total. The Bertz CT molecular complexity index is 397. The molecule has 0 aliphatic carbocycles. The summed E-state index contributed by atoms with van der Waals surface area (Å²) >= 11 is 0. The Hall–Kier alpha value is -1.59. The Balaban J connectivity index is 1.74. The van der Waals surface area contributed by atoms with E-state index in [4.69, 9.17) is 4.74 Å². The van der Waals surface area contributed by atoms with E-state index in [1.807, 2.05) is 0 Å². The fourth-order valence-electron chi connectivity index (χ4n) is 2.85. The Morgan fingerprint density at radius 3 is 2.90 bits per heavy atom. The molecule has 2 heterocycles. The van der Waals surface area contributed by atoms with Gasteiger partial charge < -0.3 is 14.5 Å². The summed E-state index contributed by atoms with van der Waals surface area (Å²) in [5, 5.41) is 0. The third-order valence-electron chi connectivity index (χ3n) is 3.85. The maximum absolute atomic E-state index is 12.2. The van der Waals surface area contributed by atoms with E-state index < -0.39 is 0 Å². The van der Waals surface area contributed by atoms with Gasteiger partial charge in [-0.05, 0) is 32.6 Å². The molecule has 6 nitrogen and oxygen atoms in total. The van der Waals surface area contributed by atoms with Gasteiger partial charge in [-0.25, -0.2) is 4.79 Å². The van der Waals surface area contributed by atoms with Crippen LogP contribution in [0.3, 0.4) is 0 Å². The number of rotatable bonds is 6. The molecule has 2 fully saturated rings. The van der Waals surface area contributed by atoms with Gasteiger partial charge in [-0.2, -0.15) is 0 Å². The van der Waals surface area contributed by atoms with E-state index in [1.54, 1.807) is 16.7 Å². The molecular weight excluding hydrogens is 260 g/mol. The number of esters is 1. The molecule has 2 aliphatic heterocycles. The third-order valence-corrected chi connectivity index (χ3v) is 3.85. The van der Waals surface area contributed by atoms with Crippen LogP contribution in [0.15, 0.2) is 0 Å². The Labute approximate surface area is 119 Å². The molecule has 2 amide bonds. The first kappa shape index (κ1) is 14.8. The van der Waals surface area contributed by atoms with Crippen LogP contribution in [0.25, 0.3) is 0 Å². The van der Waals surface area contributed by atoms with Crippen molar-refractivity contribution in [3.8, 4) is 0 Å². The number of Topliss-reactive ketones (excluding diaryl/α,β-unsaturated/α-hetero) is 1. The van der Waals surface area contributed by atoms with Crippen LogP contribution in [0.2, 0.25) is 0 Å². The number of hydrogen-bond donors (Lipinski definition) is 0. The van der Waals surface area contributed by atoms with Crippen molar-refractivity contribution >= 4 is 17.8 Å². The van der Waals surface area contributed by atoms with Crippen molar-refractivity contribution in [2.24, 2.45) is 0 Å². The van der Waals surface area contributed by atoms with Crippen LogP contribution in [0.4, 0.5) is 4.79 Å². The summed E-state index contributed by atoms with van der Waals surface area (Å²) in [4.78, 5) is 38.6. The number of unbranched alkanes of at least 4 members (excludes halogenated alkanes) is 1. The Morgan fingerprint density at radius 1 is 1.35 bits per heavy atom. The van der Waals surface area contributed by atoms with Crippen molar-refractivity contribution in [1.82, 2.24) is 9.80 Å². The molecular formula is C14H22N2O4. The van der Waals surface area contributed by atoms with Crippen molar-refractivity contribution < 1.29 is 19.1 Å². The van der Waals surface area contributed by atoms with Gasteiger partial charge in [0.1, 0.15) is 0 Å².